The fraction of sp³-hybridized carbons (Fsp3) is 0.282. The molecule has 23 nitrogen and oxygen atoms in total. The van der Waals surface area contributed by atoms with Crippen molar-refractivity contribution in [1.29, 1.82) is 0 Å². The smallest absolute Gasteiger partial charge is 0.407 e. The molecule has 1 unspecified atom stereocenters. The van der Waals surface area contributed by atoms with Crippen LogP contribution in [-0.4, -0.2) is 147 Å². The zero-order valence-corrected chi connectivity index (χ0v) is 52.7. The van der Waals surface area contributed by atoms with Gasteiger partial charge in [0.25, 0.3) is 0 Å². The van der Waals surface area contributed by atoms with Gasteiger partial charge in [0.15, 0.2) is 55.2 Å². The van der Waals surface area contributed by atoms with Crippen LogP contribution < -0.4 is 10.1 Å². The molecule has 99 heavy (non-hydrogen) atoms. The molecule has 0 aromatic heterocycles. The molecule has 3 aliphatic rings. The second-order valence-corrected chi connectivity index (χ2v) is 22.4. The monoisotopic (exact) mass is 1370 g/mol. The van der Waals surface area contributed by atoms with E-state index in [2.05, 4.69) is 5.32 Å². The molecule has 7 aromatic carbocycles. The van der Waals surface area contributed by atoms with Crippen LogP contribution in [0.1, 0.15) is 86.2 Å². The van der Waals surface area contributed by atoms with E-state index >= 15 is 8.78 Å². The molecular formula is C71H60F5NO22. The zero-order valence-electron chi connectivity index (χ0n) is 52.7. The molecule has 2 saturated heterocycles. The van der Waals surface area contributed by atoms with Gasteiger partial charge in [0.2, 0.25) is 34.8 Å². The Labute approximate surface area is 560 Å². The Morgan fingerprint density at radius 1 is 0.414 bits per heavy atom. The van der Waals surface area contributed by atoms with Crippen molar-refractivity contribution in [2.45, 2.75) is 107 Å². The zero-order chi connectivity index (χ0) is 70.6. The highest BCUT2D eigenvalue weighted by Crippen LogP contribution is 2.45. The molecule has 0 spiro atoms. The molecule has 2 fully saturated rings. The molecule has 7 aromatic rings. The number of amides is 1. The van der Waals surface area contributed by atoms with Gasteiger partial charge in [-0.05, 0) is 77.7 Å². The van der Waals surface area contributed by atoms with E-state index in [1.807, 2.05) is 12.1 Å². The quantitative estimate of drug-likeness (QED) is 0.0156. The number of hydrogen-bond donors (Lipinski definition) is 1. The Balaban J connectivity index is 1.09. The highest BCUT2D eigenvalue weighted by atomic mass is 19.2. The first-order valence-electron chi connectivity index (χ1n) is 30.5. The van der Waals surface area contributed by atoms with E-state index in [0.717, 1.165) is 38.8 Å². The van der Waals surface area contributed by atoms with E-state index in [0.29, 0.717) is 11.1 Å². The van der Waals surface area contributed by atoms with Crippen LogP contribution in [0, 0.1) is 29.1 Å². The summed E-state index contributed by atoms with van der Waals surface area (Å²) < 4.78 is 153. The van der Waals surface area contributed by atoms with Gasteiger partial charge in [-0.2, -0.15) is 8.78 Å². The van der Waals surface area contributed by atoms with Gasteiger partial charge < -0.3 is 66.9 Å². The summed E-state index contributed by atoms with van der Waals surface area (Å²) in [6, 6.07) is 40.8. The van der Waals surface area contributed by atoms with Crippen molar-refractivity contribution in [3.05, 3.63) is 232 Å². The van der Waals surface area contributed by atoms with E-state index in [1.165, 1.54) is 97.1 Å². The summed E-state index contributed by atoms with van der Waals surface area (Å²) in [6.45, 7) is 1.46. The maximum Gasteiger partial charge on any atom is 0.407 e. The Hall–Kier alpha value is -10.9. The van der Waals surface area contributed by atoms with Crippen LogP contribution in [0.5, 0.6) is 5.75 Å². The molecular weight excluding hydrogens is 1310 g/mol. The van der Waals surface area contributed by atoms with Gasteiger partial charge in [0.05, 0.1) is 28.4 Å². The molecule has 1 amide bonds. The van der Waals surface area contributed by atoms with Crippen molar-refractivity contribution < 1.29 is 127 Å². The summed E-state index contributed by atoms with van der Waals surface area (Å²) in [5.74, 6) is -25.4. The number of esters is 8. The van der Waals surface area contributed by atoms with Crippen molar-refractivity contribution in [3.63, 3.8) is 0 Å². The number of fused-ring (bicyclic) bond motifs is 3. The highest BCUT2D eigenvalue weighted by Gasteiger charge is 2.59. The Kier molecular flexibility index (Phi) is 22.9. The van der Waals surface area contributed by atoms with Crippen LogP contribution in [-0.2, 0) is 76.0 Å². The molecule has 1 aliphatic carbocycles. The van der Waals surface area contributed by atoms with Crippen molar-refractivity contribution in [2.24, 2.45) is 0 Å². The Bertz CT molecular complexity index is 4040. The number of carbonyl (C=O) groups is 9. The third-order valence-electron chi connectivity index (χ3n) is 15.7. The fourth-order valence-electron chi connectivity index (χ4n) is 11.2. The summed E-state index contributed by atoms with van der Waals surface area (Å²) in [5.41, 5.74) is 2.65. The highest BCUT2D eigenvalue weighted by molar-refractivity contribution is 5.92. The first-order valence-corrected chi connectivity index (χ1v) is 30.5. The summed E-state index contributed by atoms with van der Waals surface area (Å²) in [7, 11) is 0. The van der Waals surface area contributed by atoms with Crippen LogP contribution in [0.3, 0.4) is 0 Å². The van der Waals surface area contributed by atoms with Gasteiger partial charge >= 0.3 is 53.8 Å². The lowest BCUT2D eigenvalue weighted by molar-refractivity contribution is -0.370. The lowest BCUT2D eigenvalue weighted by atomic mass is 9.95. The number of halogens is 5. The standard InChI is InChI=1S/C71H60F5NO22/c1-36(56(68(85)96-59-54(75)52(73)51(72)53(74)55(59)76)77-71(86)89-33-48-46-31-19-17-29-44(46)45-30-18-20-32-47(45)48)90-69-63(60(92-39(4)80)57(91-38(3)79)49(93-69)34-87-37(2)78)99-70-62(98-67(84)43-27-15-8-16-28-43)61(97-66(83)42-25-13-7-14-26-42)58(95-65(82)41-23-11-6-12-24-41)50(94-70)35-88-64(81)40-21-9-5-10-22-40/h5-32,36,48-50,56-58,60-63,69-70H,33-35H2,1-4H3,(H,77,86)/t36?,49-,50-,56+,57-,58-,60+,61+,62+,63+,69+,70-/m1/s1. The van der Waals surface area contributed by atoms with Gasteiger partial charge in [0, 0.05) is 26.7 Å². The fourth-order valence-corrected chi connectivity index (χ4v) is 11.2. The molecule has 1 N–H and O–H groups in total. The second kappa shape index (κ2) is 32.0. The van der Waals surface area contributed by atoms with E-state index in [9.17, 15) is 56.3 Å². The maximum atomic E-state index is 15.5. The van der Waals surface area contributed by atoms with Crippen molar-refractivity contribution in [2.75, 3.05) is 19.8 Å². The van der Waals surface area contributed by atoms with Gasteiger partial charge in [-0.15, -0.1) is 0 Å². The first kappa shape index (κ1) is 70.8. The predicted octanol–water partition coefficient (Wildman–Crippen LogP) is 9.40. The lowest BCUT2D eigenvalue weighted by Gasteiger charge is -2.49. The normalized spacial score (nSPS) is 21.3. The van der Waals surface area contributed by atoms with Crippen LogP contribution >= 0.6 is 0 Å². The topological polar surface area (TPSA) is 286 Å². The number of hydrogen-bond acceptors (Lipinski definition) is 22. The third kappa shape index (κ3) is 16.7. The van der Waals surface area contributed by atoms with Gasteiger partial charge in [-0.1, -0.05) is 121 Å². The lowest BCUT2D eigenvalue weighted by Crippen LogP contribution is -2.68. The number of alkyl carbamates (subject to hydrolysis) is 1. The van der Waals surface area contributed by atoms with Gasteiger partial charge in [-0.3, -0.25) is 14.4 Å². The molecule has 12 atom stereocenters. The average Bonchev–Trinajstić information content (AvgIpc) is 1.50. The van der Waals surface area contributed by atoms with Crippen LogP contribution in [0.4, 0.5) is 26.7 Å². The number of nitrogens with one attached hydrogen (secondary N) is 1. The number of ether oxygens (including phenoxy) is 13. The molecule has 2 heterocycles. The summed E-state index contributed by atoms with van der Waals surface area (Å²) in [5, 5.41) is 2.16. The summed E-state index contributed by atoms with van der Waals surface area (Å²) >= 11 is 0. The summed E-state index contributed by atoms with van der Waals surface area (Å²) in [6.07, 6.45) is -24.9. The second-order valence-electron chi connectivity index (χ2n) is 22.4. The maximum absolute atomic E-state index is 15.5. The minimum atomic E-state index is -2.63. The van der Waals surface area contributed by atoms with Gasteiger partial charge in [0.1, 0.15) is 32.0 Å². The minimum Gasteiger partial charge on any atom is -0.463 e. The first-order chi connectivity index (χ1) is 47.6. The SMILES string of the molecule is CC(=O)OC[C@H]1O[C@H](OC(C)[C@H](NC(=O)OCC2c3ccccc3-c3ccccc32)C(=O)Oc2c(F)c(F)c(F)c(F)c2F)[C@@H](O[C@H]2O[C@H](COC(=O)c3ccccc3)[C@@H](OC(=O)c3ccccc3)[C@H](OC(=O)c3ccccc3)[C@@H]2OC(=O)c2ccccc2)[C@@H](OC(C)=O)[C@@H]1OC(C)=O. The molecule has 2 aliphatic heterocycles. The van der Waals surface area contributed by atoms with E-state index in [4.69, 9.17) is 61.6 Å². The van der Waals surface area contributed by atoms with Crippen molar-refractivity contribution >= 4 is 53.8 Å². The number of carbonyl (C=O) groups excluding carboxylic acids is 9. The van der Waals surface area contributed by atoms with E-state index in [1.54, 1.807) is 60.7 Å². The Morgan fingerprint density at radius 2 is 0.808 bits per heavy atom. The molecule has 0 radical (unpaired) electrons. The van der Waals surface area contributed by atoms with E-state index < -0.39 is 188 Å². The van der Waals surface area contributed by atoms with Crippen molar-refractivity contribution in [3.8, 4) is 16.9 Å². The third-order valence-corrected chi connectivity index (χ3v) is 15.7. The number of benzene rings is 7. The summed E-state index contributed by atoms with van der Waals surface area (Å²) in [4.78, 5) is 126. The average molecular weight is 1370 g/mol. The molecule has 516 valence electrons. The molecule has 0 saturated carbocycles. The van der Waals surface area contributed by atoms with Crippen LogP contribution in [0.15, 0.2) is 170 Å². The van der Waals surface area contributed by atoms with Crippen LogP contribution in [0.2, 0.25) is 0 Å². The van der Waals surface area contributed by atoms with Crippen LogP contribution in [0.25, 0.3) is 11.1 Å². The minimum absolute atomic E-state index is 0.000680. The van der Waals surface area contributed by atoms with Gasteiger partial charge in [-0.25, -0.2) is 41.9 Å². The number of rotatable bonds is 23. The predicted molar refractivity (Wildman–Crippen MR) is 328 cm³/mol. The van der Waals surface area contributed by atoms with Crippen molar-refractivity contribution in [1.82, 2.24) is 5.32 Å². The molecule has 28 heteroatoms. The molecule has 0 bridgehead atoms. The largest absolute Gasteiger partial charge is 0.463 e. The van der Waals surface area contributed by atoms with E-state index in [-0.39, 0.29) is 22.3 Å². The Morgan fingerprint density at radius 3 is 1.29 bits per heavy atom. The molecule has 10 rings (SSSR count).